The van der Waals surface area contributed by atoms with Gasteiger partial charge in [0.25, 0.3) is 6.20 Å². The van der Waals surface area contributed by atoms with E-state index in [0.717, 1.165) is 28.4 Å². The molecule has 0 atom stereocenters. The lowest BCUT2D eigenvalue weighted by Gasteiger charge is -2.08. The van der Waals surface area contributed by atoms with Gasteiger partial charge in [0, 0.05) is 22.5 Å². The van der Waals surface area contributed by atoms with Gasteiger partial charge in [0.1, 0.15) is 11.5 Å². The summed E-state index contributed by atoms with van der Waals surface area (Å²) in [7, 11) is 1.96. The summed E-state index contributed by atoms with van der Waals surface area (Å²) in [5.41, 5.74) is 4.50. The van der Waals surface area contributed by atoms with Gasteiger partial charge in [-0.2, -0.15) is 0 Å². The summed E-state index contributed by atoms with van der Waals surface area (Å²) < 4.78 is 12.4. The van der Waals surface area contributed by atoms with E-state index < -0.39 is 0 Å². The molecule has 32 heavy (non-hydrogen) atoms. The van der Waals surface area contributed by atoms with Crippen molar-refractivity contribution in [1.29, 1.82) is 0 Å². The molecule has 0 spiro atoms. The van der Waals surface area contributed by atoms with Crippen LogP contribution >= 0.6 is 0 Å². The van der Waals surface area contributed by atoms with Crippen molar-refractivity contribution in [3.63, 3.8) is 0 Å². The van der Waals surface area contributed by atoms with Gasteiger partial charge in [-0.05, 0) is 42.5 Å². The normalized spacial score (nSPS) is 12.9. The van der Waals surface area contributed by atoms with Crippen LogP contribution in [-0.2, 0) is 0 Å². The Labute approximate surface area is 185 Å². The predicted molar refractivity (Wildman–Crippen MR) is 128 cm³/mol. The summed E-state index contributed by atoms with van der Waals surface area (Å²) in [6.45, 7) is 0. The van der Waals surface area contributed by atoms with E-state index in [9.17, 15) is 0 Å². The number of rotatable bonds is 4. The Hall–Kier alpha value is -4.40. The standard InChI is InChI=1S/C28H21N3O/c1-29-16-17-30(20-29)22-10-7-11-23(18-22)32-24-14-15-28-26(19-24)25-12-5-6-13-27(25)31(28)21-8-3-2-4-9-21/h2-19H,1H3/q+2. The number of hydrogen-bond acceptors (Lipinski definition) is 1. The molecular weight excluding hydrogens is 394 g/mol. The summed E-state index contributed by atoms with van der Waals surface area (Å²) in [5, 5.41) is 2.38. The Balaban J connectivity index is 1.44. The summed E-state index contributed by atoms with van der Waals surface area (Å²) in [6.07, 6.45) is 3.94. The smallest absolute Gasteiger partial charge is 0.457 e. The number of benzene rings is 4. The van der Waals surface area contributed by atoms with E-state index in [1.165, 1.54) is 16.3 Å². The van der Waals surface area contributed by atoms with Crippen LogP contribution in [0.5, 0.6) is 11.5 Å². The average Bonchev–Trinajstić information content (AvgIpc) is 3.41. The van der Waals surface area contributed by atoms with E-state index >= 15 is 0 Å². The second-order valence-corrected chi connectivity index (χ2v) is 7.85. The van der Waals surface area contributed by atoms with Crippen molar-refractivity contribution >= 4 is 33.5 Å². The first kappa shape index (κ1) is 18.4. The van der Waals surface area contributed by atoms with E-state index in [1.54, 1.807) is 0 Å². The highest BCUT2D eigenvalue weighted by Gasteiger charge is 2.17. The molecule has 0 N–H and O–H groups in total. The van der Waals surface area contributed by atoms with Gasteiger partial charge in [0.05, 0.1) is 17.1 Å². The summed E-state index contributed by atoms with van der Waals surface area (Å²) >= 11 is 0. The van der Waals surface area contributed by atoms with Gasteiger partial charge in [0.15, 0.2) is 7.05 Å². The van der Waals surface area contributed by atoms with Crippen molar-refractivity contribution in [2.75, 3.05) is 7.05 Å². The first-order valence-corrected chi connectivity index (χ1v) is 10.6. The minimum absolute atomic E-state index is 0.790. The molecule has 4 aromatic carbocycles. The lowest BCUT2D eigenvalue weighted by molar-refractivity contribution is -0.429. The fourth-order valence-electron chi connectivity index (χ4n) is 4.25. The minimum Gasteiger partial charge on any atom is -0.457 e. The second-order valence-electron chi connectivity index (χ2n) is 7.85. The molecule has 0 aliphatic carbocycles. The van der Waals surface area contributed by atoms with Crippen LogP contribution in [-0.4, -0.2) is 26.8 Å². The van der Waals surface area contributed by atoms with Gasteiger partial charge in [-0.15, -0.1) is 0 Å². The summed E-state index contributed by atoms with van der Waals surface area (Å²) in [5.74, 6) is 1.60. The molecule has 0 saturated carbocycles. The maximum atomic E-state index is 6.28. The van der Waals surface area contributed by atoms with Crippen LogP contribution < -0.4 is 4.74 Å². The fourth-order valence-corrected chi connectivity index (χ4v) is 4.25. The van der Waals surface area contributed by atoms with Crippen molar-refractivity contribution in [2.24, 2.45) is 0 Å². The van der Waals surface area contributed by atoms with Crippen LogP contribution in [0.25, 0.3) is 27.5 Å². The highest BCUT2D eigenvalue weighted by atomic mass is 16.5. The molecule has 0 radical (unpaired) electrons. The van der Waals surface area contributed by atoms with Crippen LogP contribution in [0.2, 0.25) is 0 Å². The van der Waals surface area contributed by atoms with E-state index in [-0.39, 0.29) is 0 Å². The Morgan fingerprint density at radius 1 is 0.688 bits per heavy atom. The predicted octanol–water partition coefficient (Wildman–Crippen LogP) is 6.52. The Morgan fingerprint density at radius 3 is 2.31 bits per heavy atom. The maximum Gasteiger partial charge on any atom is 0.495 e. The molecule has 4 heteroatoms. The van der Waals surface area contributed by atoms with Crippen LogP contribution in [0, 0.1) is 0 Å². The quantitative estimate of drug-likeness (QED) is 0.306. The average molecular weight is 415 g/mol. The Kier molecular flexibility index (Phi) is 4.24. The zero-order chi connectivity index (χ0) is 21.5. The van der Waals surface area contributed by atoms with Gasteiger partial charge in [-0.3, -0.25) is 0 Å². The van der Waals surface area contributed by atoms with E-state index in [4.69, 9.17) is 4.74 Å². The molecule has 0 fully saturated rings. The first-order valence-electron chi connectivity index (χ1n) is 10.6. The van der Waals surface area contributed by atoms with E-state index in [0.29, 0.717) is 0 Å². The molecule has 5 aromatic rings. The number of fused-ring (bicyclic) bond motifs is 3. The van der Waals surface area contributed by atoms with Crippen LogP contribution in [0.15, 0.2) is 109 Å². The molecule has 0 unspecified atom stereocenters. The molecule has 4 nitrogen and oxygen atoms in total. The number of ether oxygens (including phenoxy) is 1. The van der Waals surface area contributed by atoms with Crippen molar-refractivity contribution < 1.29 is 13.9 Å². The first-order chi connectivity index (χ1) is 15.8. The molecular formula is C28H21N3O+2. The molecule has 0 bridgehead atoms. The van der Waals surface area contributed by atoms with Crippen molar-refractivity contribution in [1.82, 2.24) is 4.57 Å². The van der Waals surface area contributed by atoms with Crippen molar-refractivity contribution in [2.45, 2.75) is 0 Å². The topological polar surface area (TPSA) is 20.2 Å². The highest BCUT2D eigenvalue weighted by molar-refractivity contribution is 6.09. The fraction of sp³-hybridized carbons (Fsp3) is 0.0357. The third-order valence-electron chi connectivity index (χ3n) is 5.69. The molecule has 2 heterocycles. The monoisotopic (exact) mass is 415 g/mol. The van der Waals surface area contributed by atoms with Gasteiger partial charge in [-0.1, -0.05) is 51.6 Å². The highest BCUT2D eigenvalue weighted by Crippen LogP contribution is 2.35. The van der Waals surface area contributed by atoms with Crippen molar-refractivity contribution in [3.8, 4) is 17.2 Å². The minimum atomic E-state index is 0.790. The molecule has 0 amide bonds. The zero-order valence-electron chi connectivity index (χ0n) is 17.6. The van der Waals surface area contributed by atoms with Gasteiger partial charge in [0.2, 0.25) is 11.9 Å². The van der Waals surface area contributed by atoms with Gasteiger partial charge in [-0.25, -0.2) is 0 Å². The number of para-hydroxylation sites is 2. The van der Waals surface area contributed by atoms with Gasteiger partial charge < -0.3 is 9.30 Å². The lowest BCUT2D eigenvalue weighted by atomic mass is 10.1. The third kappa shape index (κ3) is 3.11. The molecule has 152 valence electrons. The van der Waals surface area contributed by atoms with Crippen molar-refractivity contribution in [3.05, 3.63) is 109 Å². The van der Waals surface area contributed by atoms with E-state index in [1.807, 2.05) is 65.0 Å². The molecule has 1 aliphatic rings. The second kappa shape index (κ2) is 7.38. The van der Waals surface area contributed by atoms with Crippen LogP contribution in [0.4, 0.5) is 5.69 Å². The summed E-state index contributed by atoms with van der Waals surface area (Å²) in [4.78, 5) is 0. The third-order valence-corrected chi connectivity index (χ3v) is 5.69. The molecule has 0 saturated heterocycles. The lowest BCUT2D eigenvalue weighted by Crippen LogP contribution is -1.94. The summed E-state index contributed by atoms with van der Waals surface area (Å²) in [6, 6.07) is 36.5. The molecule has 1 aromatic heterocycles. The van der Waals surface area contributed by atoms with E-state index in [2.05, 4.69) is 71.2 Å². The Bertz CT molecular complexity index is 1590. The number of aromatic nitrogens is 1. The maximum absolute atomic E-state index is 6.28. The van der Waals surface area contributed by atoms with Crippen LogP contribution in [0.1, 0.15) is 0 Å². The Morgan fingerprint density at radius 2 is 1.47 bits per heavy atom. The number of nitrogens with zero attached hydrogens (tertiary/aromatic N) is 3. The zero-order valence-corrected chi connectivity index (χ0v) is 17.6. The SMILES string of the molecule is C[N+]1=C=[N+](c2cccc(Oc3ccc4c(c3)c3ccccc3n4-c3ccccc3)c2)C=C1. The largest absolute Gasteiger partial charge is 0.495 e. The van der Waals surface area contributed by atoms with Crippen LogP contribution in [0.3, 0.4) is 0 Å². The van der Waals surface area contributed by atoms with Gasteiger partial charge >= 0.3 is 6.01 Å². The number of hydrogen-bond donors (Lipinski definition) is 0. The molecule has 1 aliphatic heterocycles. The molecule has 6 rings (SSSR count).